The topological polar surface area (TPSA) is 134 Å². The predicted molar refractivity (Wildman–Crippen MR) is 217 cm³/mol. The van der Waals surface area contributed by atoms with Crippen LogP contribution in [0.25, 0.3) is 10.9 Å². The zero-order valence-electron chi connectivity index (χ0n) is 34.0. The Morgan fingerprint density at radius 2 is 1.81 bits per heavy atom. The number of hydrogen-bond acceptors (Lipinski definition) is 11. The number of ether oxygens (including phenoxy) is 5. The fourth-order valence-corrected chi connectivity index (χ4v) is 10.2. The number of morpholine rings is 1. The van der Waals surface area contributed by atoms with Gasteiger partial charge >= 0.3 is 5.97 Å². The Balaban J connectivity index is 1.04. The highest BCUT2D eigenvalue weighted by Gasteiger charge is 2.58. The minimum Gasteiger partial charge on any atom is -0.491 e. The van der Waals surface area contributed by atoms with Crippen LogP contribution in [-0.2, 0) is 28.7 Å². The average Bonchev–Trinajstić information content (AvgIpc) is 4.01. The number of halogens is 1. The van der Waals surface area contributed by atoms with Crippen molar-refractivity contribution in [1.29, 1.82) is 0 Å². The zero-order valence-corrected chi connectivity index (χ0v) is 34.7. The SMILES string of the molecule is CCOc1cc(O[C@@H]2C[C@H]3C(=O)C[C@]4(C(C)=O)C[C@H]4/C=C\CCCCC[C@H](CC(=O)OC4C[C@@H]5C[C@@H]5C4)C(=O)N3C2)c2ccc(OCCN3CCOCC3)c(Cl)c2n1. The number of aromatic nitrogens is 1. The third-order valence-corrected chi connectivity index (χ3v) is 13.8. The van der Waals surface area contributed by atoms with Crippen LogP contribution in [0.1, 0.15) is 90.9 Å². The highest BCUT2D eigenvalue weighted by Crippen LogP contribution is 2.57. The maximum atomic E-state index is 14.7. The van der Waals surface area contributed by atoms with Gasteiger partial charge < -0.3 is 28.6 Å². The number of pyridine rings is 1. The van der Waals surface area contributed by atoms with Gasteiger partial charge in [-0.15, -0.1) is 0 Å². The Bertz CT molecular complexity index is 1890. The summed E-state index contributed by atoms with van der Waals surface area (Å²) in [4.78, 5) is 64.3. The van der Waals surface area contributed by atoms with Crippen molar-refractivity contribution in [3.05, 3.63) is 35.4 Å². The Labute approximate surface area is 346 Å². The number of nitrogens with zero attached hydrogens (tertiary/aromatic N) is 3. The Kier molecular flexibility index (Phi) is 12.6. The summed E-state index contributed by atoms with van der Waals surface area (Å²) in [5.41, 5.74) is -0.292. The van der Waals surface area contributed by atoms with Gasteiger partial charge in [0.2, 0.25) is 11.8 Å². The maximum Gasteiger partial charge on any atom is 0.306 e. The third kappa shape index (κ3) is 9.19. The number of Topliss-reactive ketones (excluding diaryl/α,β-unsaturated/α-hetero) is 2. The van der Waals surface area contributed by atoms with Crippen LogP contribution in [0.2, 0.25) is 5.02 Å². The zero-order chi connectivity index (χ0) is 40.4. The third-order valence-electron chi connectivity index (χ3n) is 13.5. The Morgan fingerprint density at radius 1 is 1.00 bits per heavy atom. The fraction of sp³-hybridized carbons (Fsp3) is 0.667. The lowest BCUT2D eigenvalue weighted by molar-refractivity contribution is -0.154. The van der Waals surface area contributed by atoms with E-state index in [9.17, 15) is 19.2 Å². The molecular weight excluding hydrogens is 762 g/mol. The standard InChI is InChI=1S/C45H58ClN3O9/c1-3-55-40-24-39(35-11-12-38(42(46)43(35)47-40)56-18-15-48-13-16-54-17-14-48)57-34-23-36-37(51)26-45(28(2)50)25-32(45)10-8-6-4-5-7-9-29(44(53)49(36)27-34)22-41(52)58-33-20-30-19-31(30)21-33/h8,10-12,24,29-34,36H,3-7,9,13-23,25-27H2,1-2H3/b10-8-/t29-,30-,31+,32-,33?,34-,36+,45+/m1/s1. The first kappa shape index (κ1) is 41.0. The lowest BCUT2D eigenvalue weighted by atomic mass is 9.88. The summed E-state index contributed by atoms with van der Waals surface area (Å²) >= 11 is 6.97. The number of amides is 1. The predicted octanol–water partition coefficient (Wildman–Crippen LogP) is 6.77. The van der Waals surface area contributed by atoms with Gasteiger partial charge in [-0.2, -0.15) is 0 Å². The molecule has 0 N–H and O–H groups in total. The number of carbonyl (C=O) groups excluding carboxylic acids is 4. The van der Waals surface area contributed by atoms with E-state index in [0.717, 1.165) is 58.2 Å². The maximum absolute atomic E-state index is 14.7. The number of allylic oxidation sites excluding steroid dienone is 2. The number of hydrogen-bond donors (Lipinski definition) is 0. The van der Waals surface area contributed by atoms with Gasteiger partial charge in [0.05, 0.1) is 38.8 Å². The van der Waals surface area contributed by atoms with Crippen LogP contribution in [-0.4, -0.2) is 109 Å². The van der Waals surface area contributed by atoms with Crippen molar-refractivity contribution in [3.8, 4) is 17.4 Å². The molecule has 1 aromatic heterocycles. The molecule has 6 aliphatic rings. The number of ketones is 2. The van der Waals surface area contributed by atoms with Gasteiger partial charge in [-0.3, -0.25) is 24.1 Å². The van der Waals surface area contributed by atoms with Crippen LogP contribution >= 0.6 is 11.6 Å². The quantitative estimate of drug-likeness (QED) is 0.166. The van der Waals surface area contributed by atoms with Crippen molar-refractivity contribution in [3.63, 3.8) is 0 Å². The average molecular weight is 820 g/mol. The minimum atomic E-state index is -0.806. The van der Waals surface area contributed by atoms with Gasteiger partial charge in [-0.05, 0) is 88.7 Å². The van der Waals surface area contributed by atoms with Crippen molar-refractivity contribution < 1.29 is 42.9 Å². The van der Waals surface area contributed by atoms with Gasteiger partial charge in [0.25, 0.3) is 0 Å². The van der Waals surface area contributed by atoms with E-state index in [1.165, 1.54) is 6.42 Å². The van der Waals surface area contributed by atoms with Crippen LogP contribution in [0.15, 0.2) is 30.4 Å². The molecule has 12 nitrogen and oxygen atoms in total. The van der Waals surface area contributed by atoms with E-state index < -0.39 is 23.5 Å². The molecule has 5 fully saturated rings. The largest absolute Gasteiger partial charge is 0.491 e. The molecule has 2 saturated heterocycles. The highest BCUT2D eigenvalue weighted by molar-refractivity contribution is 6.36. The molecule has 1 unspecified atom stereocenters. The van der Waals surface area contributed by atoms with Gasteiger partial charge in [0.1, 0.15) is 46.6 Å². The number of carbonyl (C=O) groups is 4. The van der Waals surface area contributed by atoms with E-state index in [2.05, 4.69) is 17.1 Å². The second kappa shape index (κ2) is 17.9. The molecule has 1 aromatic carbocycles. The number of fused-ring (bicyclic) bond motifs is 4. The summed E-state index contributed by atoms with van der Waals surface area (Å²) in [5, 5.41) is 0.978. The molecule has 1 amide bonds. The molecule has 13 heteroatoms. The molecule has 3 aliphatic heterocycles. The first-order valence-electron chi connectivity index (χ1n) is 21.7. The lowest BCUT2D eigenvalue weighted by Gasteiger charge is -2.29. The van der Waals surface area contributed by atoms with Gasteiger partial charge in [-0.25, -0.2) is 4.98 Å². The molecule has 0 bridgehead atoms. The second-order valence-corrected chi connectivity index (χ2v) is 17.8. The highest BCUT2D eigenvalue weighted by atomic mass is 35.5. The number of esters is 1. The summed E-state index contributed by atoms with van der Waals surface area (Å²) in [7, 11) is 0. The molecule has 0 spiro atoms. The van der Waals surface area contributed by atoms with Crippen molar-refractivity contribution in [2.24, 2.45) is 29.1 Å². The summed E-state index contributed by atoms with van der Waals surface area (Å²) in [6.45, 7) is 8.27. The summed E-state index contributed by atoms with van der Waals surface area (Å²) in [6.07, 6.45) is 11.6. The Hall–Kier alpha value is -3.74. The number of rotatable bonds is 12. The molecule has 58 heavy (non-hydrogen) atoms. The second-order valence-electron chi connectivity index (χ2n) is 17.4. The number of benzene rings is 1. The van der Waals surface area contributed by atoms with E-state index in [-0.39, 0.29) is 61.3 Å². The molecular formula is C45H58ClN3O9. The molecule has 3 saturated carbocycles. The summed E-state index contributed by atoms with van der Waals surface area (Å²) in [6, 6.07) is 4.59. The van der Waals surface area contributed by atoms with Crippen LogP contribution < -0.4 is 14.2 Å². The molecule has 8 rings (SSSR count). The van der Waals surface area contributed by atoms with Crippen LogP contribution in [0.3, 0.4) is 0 Å². The normalized spacial score (nSPS) is 32.0. The van der Waals surface area contributed by atoms with E-state index in [0.29, 0.717) is 84.4 Å². The molecule has 0 radical (unpaired) electrons. The van der Waals surface area contributed by atoms with Gasteiger partial charge in [-0.1, -0.05) is 36.6 Å². The summed E-state index contributed by atoms with van der Waals surface area (Å²) < 4.78 is 30.1. The Morgan fingerprint density at radius 3 is 2.59 bits per heavy atom. The van der Waals surface area contributed by atoms with E-state index in [4.69, 9.17) is 40.3 Å². The molecule has 2 aromatic rings. The van der Waals surface area contributed by atoms with Crippen molar-refractivity contribution >= 4 is 45.9 Å². The van der Waals surface area contributed by atoms with E-state index >= 15 is 0 Å². The van der Waals surface area contributed by atoms with E-state index in [1.54, 1.807) is 17.9 Å². The fourth-order valence-electron chi connectivity index (χ4n) is 9.91. The minimum absolute atomic E-state index is 0.00157. The van der Waals surface area contributed by atoms with Crippen molar-refractivity contribution in [1.82, 2.24) is 14.8 Å². The molecule has 314 valence electrons. The first-order valence-corrected chi connectivity index (χ1v) is 22.1. The lowest BCUT2D eigenvalue weighted by Crippen LogP contribution is -2.45. The van der Waals surface area contributed by atoms with Crippen LogP contribution in [0, 0.1) is 29.1 Å². The molecule has 3 aliphatic carbocycles. The van der Waals surface area contributed by atoms with Crippen LogP contribution in [0.5, 0.6) is 17.4 Å². The van der Waals surface area contributed by atoms with E-state index in [1.807, 2.05) is 19.1 Å². The molecule has 8 atom stereocenters. The monoisotopic (exact) mass is 819 g/mol. The van der Waals surface area contributed by atoms with Gasteiger partial charge in [0.15, 0.2) is 5.78 Å². The first-order chi connectivity index (χ1) is 28.1. The van der Waals surface area contributed by atoms with Gasteiger partial charge in [0, 0.05) is 55.3 Å². The van der Waals surface area contributed by atoms with Crippen molar-refractivity contribution in [2.75, 3.05) is 52.6 Å². The smallest absolute Gasteiger partial charge is 0.306 e. The van der Waals surface area contributed by atoms with Crippen LogP contribution in [0.4, 0.5) is 0 Å². The van der Waals surface area contributed by atoms with Crippen molar-refractivity contribution in [2.45, 2.75) is 109 Å². The summed E-state index contributed by atoms with van der Waals surface area (Å²) in [5.74, 6) is 1.29. The molecule has 4 heterocycles.